The molecule has 3 amide bonds. The SMILES string of the molecule is CCCCN(CC(=O)N(CCc1c[nH]c2ccccc12)Cc1ccc(F)cc1)C(=O)Nc1ccccc1F. The molecule has 1 heterocycles. The maximum Gasteiger partial charge on any atom is 0.322 e. The molecule has 0 fully saturated rings. The molecule has 0 atom stereocenters. The molecule has 0 saturated heterocycles. The van der Waals surface area contributed by atoms with E-state index in [1.807, 2.05) is 37.4 Å². The summed E-state index contributed by atoms with van der Waals surface area (Å²) in [4.78, 5) is 33.0. The number of carbonyl (C=O) groups is 2. The average Bonchev–Trinajstić information content (AvgIpc) is 3.34. The van der Waals surface area contributed by atoms with Crippen LogP contribution in [0.5, 0.6) is 0 Å². The molecule has 198 valence electrons. The molecule has 0 saturated carbocycles. The molecule has 0 aliphatic carbocycles. The van der Waals surface area contributed by atoms with Gasteiger partial charge in [-0.25, -0.2) is 13.6 Å². The van der Waals surface area contributed by atoms with E-state index in [1.165, 1.54) is 29.2 Å². The van der Waals surface area contributed by atoms with Crippen molar-refractivity contribution < 1.29 is 18.4 Å². The monoisotopic (exact) mass is 518 g/mol. The van der Waals surface area contributed by atoms with Gasteiger partial charge >= 0.3 is 6.03 Å². The summed E-state index contributed by atoms with van der Waals surface area (Å²) in [6, 6.07) is 19.4. The molecule has 0 aliphatic heterocycles. The van der Waals surface area contributed by atoms with Crippen LogP contribution in [-0.4, -0.2) is 46.4 Å². The highest BCUT2D eigenvalue weighted by atomic mass is 19.1. The molecule has 4 rings (SSSR count). The summed E-state index contributed by atoms with van der Waals surface area (Å²) in [7, 11) is 0. The molecule has 38 heavy (non-hydrogen) atoms. The second kappa shape index (κ2) is 12.9. The van der Waals surface area contributed by atoms with Crippen molar-refractivity contribution in [3.8, 4) is 0 Å². The predicted octanol–water partition coefficient (Wildman–Crippen LogP) is 6.35. The summed E-state index contributed by atoms with van der Waals surface area (Å²) >= 11 is 0. The summed E-state index contributed by atoms with van der Waals surface area (Å²) in [5, 5.41) is 3.68. The number of aromatic amines is 1. The number of benzene rings is 3. The van der Waals surface area contributed by atoms with E-state index in [-0.39, 0.29) is 30.5 Å². The third-order valence-electron chi connectivity index (χ3n) is 6.48. The fourth-order valence-corrected chi connectivity index (χ4v) is 4.32. The van der Waals surface area contributed by atoms with Crippen molar-refractivity contribution in [3.05, 3.63) is 102 Å². The quantitative estimate of drug-likeness (QED) is 0.243. The van der Waals surface area contributed by atoms with Gasteiger partial charge in [-0.3, -0.25) is 4.79 Å². The van der Waals surface area contributed by atoms with Gasteiger partial charge in [-0.05, 0) is 54.3 Å². The van der Waals surface area contributed by atoms with Gasteiger partial charge in [0.25, 0.3) is 0 Å². The lowest BCUT2D eigenvalue weighted by Crippen LogP contribution is -2.45. The Morgan fingerprint density at radius 1 is 0.895 bits per heavy atom. The maximum absolute atomic E-state index is 14.1. The van der Waals surface area contributed by atoms with Crippen LogP contribution in [0.3, 0.4) is 0 Å². The lowest BCUT2D eigenvalue weighted by atomic mass is 10.1. The lowest BCUT2D eigenvalue weighted by Gasteiger charge is -2.28. The Balaban J connectivity index is 1.51. The first-order valence-electron chi connectivity index (χ1n) is 12.8. The second-order valence-corrected chi connectivity index (χ2v) is 9.24. The van der Waals surface area contributed by atoms with Gasteiger partial charge in [-0.1, -0.05) is 55.8 Å². The fourth-order valence-electron chi connectivity index (χ4n) is 4.32. The number of aromatic nitrogens is 1. The highest BCUT2D eigenvalue weighted by molar-refractivity contribution is 5.92. The molecule has 8 heteroatoms. The zero-order valence-electron chi connectivity index (χ0n) is 21.4. The molecule has 0 bridgehead atoms. The van der Waals surface area contributed by atoms with Crippen molar-refractivity contribution in [1.82, 2.24) is 14.8 Å². The number of amides is 3. The second-order valence-electron chi connectivity index (χ2n) is 9.24. The van der Waals surface area contributed by atoms with Crippen molar-refractivity contribution in [2.75, 3.05) is 25.0 Å². The Morgan fingerprint density at radius 3 is 2.39 bits per heavy atom. The number of anilines is 1. The minimum atomic E-state index is -0.542. The average molecular weight is 519 g/mol. The molecule has 1 aromatic heterocycles. The van der Waals surface area contributed by atoms with Crippen LogP contribution in [-0.2, 0) is 17.8 Å². The van der Waals surface area contributed by atoms with Gasteiger partial charge in [-0.2, -0.15) is 0 Å². The van der Waals surface area contributed by atoms with E-state index in [4.69, 9.17) is 0 Å². The molecule has 2 N–H and O–H groups in total. The van der Waals surface area contributed by atoms with E-state index < -0.39 is 11.8 Å². The normalized spacial score (nSPS) is 10.9. The molecule has 0 unspecified atom stereocenters. The van der Waals surface area contributed by atoms with Crippen LogP contribution in [0.1, 0.15) is 30.9 Å². The lowest BCUT2D eigenvalue weighted by molar-refractivity contribution is -0.132. The number of para-hydroxylation sites is 2. The highest BCUT2D eigenvalue weighted by Gasteiger charge is 2.22. The molecule has 6 nitrogen and oxygen atoms in total. The van der Waals surface area contributed by atoms with Gasteiger partial charge < -0.3 is 20.1 Å². The first kappa shape index (κ1) is 26.9. The largest absolute Gasteiger partial charge is 0.361 e. The fraction of sp³-hybridized carbons (Fsp3) is 0.267. The summed E-state index contributed by atoms with van der Waals surface area (Å²) < 4.78 is 27.6. The number of unbranched alkanes of at least 4 members (excludes halogenated alkanes) is 1. The molecular weight excluding hydrogens is 486 g/mol. The van der Waals surface area contributed by atoms with Gasteiger partial charge in [0.1, 0.15) is 18.2 Å². The van der Waals surface area contributed by atoms with Crippen LogP contribution in [0, 0.1) is 11.6 Å². The van der Waals surface area contributed by atoms with Crippen LogP contribution in [0.4, 0.5) is 19.3 Å². The van der Waals surface area contributed by atoms with Gasteiger partial charge in [-0.15, -0.1) is 0 Å². The molecule has 0 aliphatic rings. The molecule has 4 aromatic rings. The van der Waals surface area contributed by atoms with Crippen molar-refractivity contribution in [2.24, 2.45) is 0 Å². The number of nitrogens with zero attached hydrogens (tertiary/aromatic N) is 2. The summed E-state index contributed by atoms with van der Waals surface area (Å²) in [6.45, 7) is 2.88. The molecular formula is C30H32F2N4O2. The van der Waals surface area contributed by atoms with E-state index in [1.54, 1.807) is 29.2 Å². The number of carbonyl (C=O) groups excluding carboxylic acids is 2. The minimum Gasteiger partial charge on any atom is -0.361 e. The topological polar surface area (TPSA) is 68.4 Å². The number of urea groups is 1. The van der Waals surface area contributed by atoms with E-state index in [2.05, 4.69) is 10.3 Å². The number of hydrogen-bond acceptors (Lipinski definition) is 2. The van der Waals surface area contributed by atoms with Crippen LogP contribution in [0.15, 0.2) is 79.0 Å². The Bertz CT molecular complexity index is 1370. The zero-order chi connectivity index (χ0) is 26.9. The van der Waals surface area contributed by atoms with E-state index >= 15 is 0 Å². The number of halogens is 2. The number of fused-ring (bicyclic) bond motifs is 1. The third-order valence-corrected chi connectivity index (χ3v) is 6.48. The summed E-state index contributed by atoms with van der Waals surface area (Å²) in [5.74, 6) is -1.13. The Kier molecular flexibility index (Phi) is 9.08. The number of H-pyrrole nitrogens is 1. The number of hydrogen-bond donors (Lipinski definition) is 2. The van der Waals surface area contributed by atoms with Crippen molar-refractivity contribution in [3.63, 3.8) is 0 Å². The standard InChI is InChI=1S/C30H32F2N4O2/c1-2-3-17-36(30(38)34-28-11-7-5-9-26(28)32)21-29(37)35(20-22-12-14-24(31)15-13-22)18-16-23-19-33-27-10-6-4-8-25(23)27/h4-15,19,33H,2-3,16-18,20-21H2,1H3,(H,34,38). The van der Waals surface area contributed by atoms with Crippen molar-refractivity contribution in [1.29, 1.82) is 0 Å². The Hall–Kier alpha value is -4.20. The zero-order valence-corrected chi connectivity index (χ0v) is 21.4. The smallest absolute Gasteiger partial charge is 0.322 e. The van der Waals surface area contributed by atoms with Gasteiger partial charge in [0.05, 0.1) is 5.69 Å². The van der Waals surface area contributed by atoms with E-state index in [9.17, 15) is 18.4 Å². The van der Waals surface area contributed by atoms with Crippen LogP contribution >= 0.6 is 0 Å². The van der Waals surface area contributed by atoms with E-state index in [0.717, 1.165) is 28.5 Å². The van der Waals surface area contributed by atoms with Crippen LogP contribution in [0.25, 0.3) is 10.9 Å². The summed E-state index contributed by atoms with van der Waals surface area (Å²) in [6.07, 6.45) is 4.08. The van der Waals surface area contributed by atoms with Crippen LogP contribution < -0.4 is 5.32 Å². The first-order chi connectivity index (χ1) is 18.4. The minimum absolute atomic E-state index is 0.0638. The summed E-state index contributed by atoms with van der Waals surface area (Å²) in [5.41, 5.74) is 2.95. The highest BCUT2D eigenvalue weighted by Crippen LogP contribution is 2.19. The molecule has 0 radical (unpaired) electrons. The van der Waals surface area contributed by atoms with Gasteiger partial charge in [0.15, 0.2) is 0 Å². The third kappa shape index (κ3) is 6.97. The maximum atomic E-state index is 14.1. The first-order valence-corrected chi connectivity index (χ1v) is 12.8. The van der Waals surface area contributed by atoms with Gasteiger partial charge in [0, 0.05) is 36.7 Å². The van der Waals surface area contributed by atoms with E-state index in [0.29, 0.717) is 25.9 Å². The van der Waals surface area contributed by atoms with Crippen LogP contribution in [0.2, 0.25) is 0 Å². The number of rotatable bonds is 11. The Morgan fingerprint density at radius 2 is 1.63 bits per heavy atom. The molecule has 3 aromatic carbocycles. The Labute approximate surface area is 221 Å². The van der Waals surface area contributed by atoms with Crippen molar-refractivity contribution in [2.45, 2.75) is 32.7 Å². The predicted molar refractivity (Wildman–Crippen MR) is 146 cm³/mol. The van der Waals surface area contributed by atoms with Crippen molar-refractivity contribution >= 4 is 28.5 Å². The number of nitrogens with one attached hydrogen (secondary N) is 2. The van der Waals surface area contributed by atoms with Gasteiger partial charge in [0.2, 0.25) is 5.91 Å². The molecule has 0 spiro atoms.